The molecule has 2 rings (SSSR count). The van der Waals surface area contributed by atoms with Crippen molar-refractivity contribution in [1.82, 2.24) is 5.32 Å². The highest BCUT2D eigenvalue weighted by Gasteiger charge is 2.38. The van der Waals surface area contributed by atoms with Crippen LogP contribution in [0.1, 0.15) is 36.6 Å². The number of aryl methyl sites for hydroxylation is 1. The van der Waals surface area contributed by atoms with Gasteiger partial charge in [0.2, 0.25) is 0 Å². The first kappa shape index (κ1) is 9.72. The van der Waals surface area contributed by atoms with Crippen molar-refractivity contribution in [1.29, 1.82) is 0 Å². The maximum Gasteiger partial charge on any atom is 0.0375 e. The lowest BCUT2D eigenvalue weighted by Gasteiger charge is -2.26. The van der Waals surface area contributed by atoms with Gasteiger partial charge in [0.1, 0.15) is 0 Å². The summed E-state index contributed by atoms with van der Waals surface area (Å²) in [4.78, 5) is 0. The average molecular weight is 189 g/mol. The van der Waals surface area contributed by atoms with Crippen LogP contribution in [0.2, 0.25) is 0 Å². The van der Waals surface area contributed by atoms with Crippen molar-refractivity contribution < 1.29 is 0 Å². The lowest BCUT2D eigenvalue weighted by Crippen LogP contribution is -2.28. The Bertz CT molecular complexity index is 352. The average Bonchev–Trinajstić information content (AvgIpc) is 2.37. The fourth-order valence-electron chi connectivity index (χ4n) is 2.76. The van der Waals surface area contributed by atoms with Gasteiger partial charge in [0.25, 0.3) is 0 Å². The first-order valence-electron chi connectivity index (χ1n) is 5.32. The van der Waals surface area contributed by atoms with Gasteiger partial charge in [0, 0.05) is 6.04 Å². The summed E-state index contributed by atoms with van der Waals surface area (Å²) in [6.45, 7) is 6.90. The second-order valence-electron chi connectivity index (χ2n) is 5.03. The molecule has 0 saturated heterocycles. The van der Waals surface area contributed by atoms with Crippen molar-refractivity contribution in [2.24, 2.45) is 5.41 Å². The largest absolute Gasteiger partial charge is 0.313 e. The maximum absolute atomic E-state index is 3.44. The van der Waals surface area contributed by atoms with E-state index < -0.39 is 0 Å². The SMILES string of the molecule is CNC1c2cccc(C)c2CC1(C)C. The smallest absolute Gasteiger partial charge is 0.0375 e. The number of benzene rings is 1. The number of nitrogens with one attached hydrogen (secondary N) is 1. The summed E-state index contributed by atoms with van der Waals surface area (Å²) in [5.41, 5.74) is 4.84. The zero-order valence-electron chi connectivity index (χ0n) is 9.52. The summed E-state index contributed by atoms with van der Waals surface area (Å²) in [5, 5.41) is 3.44. The van der Waals surface area contributed by atoms with E-state index >= 15 is 0 Å². The van der Waals surface area contributed by atoms with Crippen LogP contribution in [0.5, 0.6) is 0 Å². The molecular weight excluding hydrogens is 170 g/mol. The van der Waals surface area contributed by atoms with Crippen LogP contribution in [0.4, 0.5) is 0 Å². The molecule has 0 heterocycles. The van der Waals surface area contributed by atoms with E-state index in [0.29, 0.717) is 11.5 Å². The van der Waals surface area contributed by atoms with E-state index in [1.165, 1.54) is 17.5 Å². The molecule has 1 atom stereocenters. The Morgan fingerprint density at radius 1 is 1.36 bits per heavy atom. The summed E-state index contributed by atoms with van der Waals surface area (Å²) >= 11 is 0. The minimum atomic E-state index is 0.350. The molecule has 0 aromatic heterocycles. The maximum atomic E-state index is 3.44. The number of hydrogen-bond acceptors (Lipinski definition) is 1. The molecule has 0 spiro atoms. The molecule has 1 unspecified atom stereocenters. The molecule has 1 heteroatoms. The third-order valence-corrected chi connectivity index (χ3v) is 3.46. The van der Waals surface area contributed by atoms with Crippen molar-refractivity contribution in [2.45, 2.75) is 33.2 Å². The molecule has 0 fully saturated rings. The molecule has 0 radical (unpaired) electrons. The van der Waals surface area contributed by atoms with E-state index in [1.54, 1.807) is 5.56 Å². The molecule has 1 N–H and O–H groups in total. The zero-order valence-corrected chi connectivity index (χ0v) is 9.52. The van der Waals surface area contributed by atoms with Crippen LogP contribution in [0.3, 0.4) is 0 Å². The van der Waals surface area contributed by atoms with E-state index in [-0.39, 0.29) is 0 Å². The molecule has 1 aromatic rings. The highest BCUT2D eigenvalue weighted by molar-refractivity contribution is 5.42. The Hall–Kier alpha value is -0.820. The molecule has 1 aliphatic carbocycles. The van der Waals surface area contributed by atoms with Gasteiger partial charge >= 0.3 is 0 Å². The number of hydrogen-bond donors (Lipinski definition) is 1. The summed E-state index contributed by atoms with van der Waals surface area (Å²) in [6.07, 6.45) is 1.19. The van der Waals surface area contributed by atoms with Crippen LogP contribution in [0.25, 0.3) is 0 Å². The molecule has 0 saturated carbocycles. The molecule has 14 heavy (non-hydrogen) atoms. The second-order valence-corrected chi connectivity index (χ2v) is 5.03. The second kappa shape index (κ2) is 3.09. The van der Waals surface area contributed by atoms with Crippen LogP contribution in [0, 0.1) is 12.3 Å². The molecular formula is C13H19N. The molecule has 76 valence electrons. The third kappa shape index (κ3) is 1.27. The minimum absolute atomic E-state index is 0.350. The quantitative estimate of drug-likeness (QED) is 0.716. The van der Waals surface area contributed by atoms with E-state index in [9.17, 15) is 0 Å². The van der Waals surface area contributed by atoms with Gasteiger partial charge in [-0.3, -0.25) is 0 Å². The predicted octanol–water partition coefficient (Wildman–Crippen LogP) is 2.84. The highest BCUT2D eigenvalue weighted by Crippen LogP contribution is 2.45. The van der Waals surface area contributed by atoms with Crippen molar-refractivity contribution in [2.75, 3.05) is 7.05 Å². The Kier molecular flexibility index (Phi) is 2.15. The highest BCUT2D eigenvalue weighted by atomic mass is 14.9. The molecule has 1 aliphatic rings. The van der Waals surface area contributed by atoms with Gasteiger partial charge in [-0.1, -0.05) is 32.0 Å². The molecule has 1 aromatic carbocycles. The number of fused-ring (bicyclic) bond motifs is 1. The normalized spacial score (nSPS) is 23.6. The third-order valence-electron chi connectivity index (χ3n) is 3.46. The van der Waals surface area contributed by atoms with Crippen molar-refractivity contribution in [3.05, 3.63) is 34.9 Å². The van der Waals surface area contributed by atoms with Gasteiger partial charge in [-0.15, -0.1) is 0 Å². The van der Waals surface area contributed by atoms with E-state index in [0.717, 1.165) is 0 Å². The predicted molar refractivity (Wildman–Crippen MR) is 60.5 cm³/mol. The first-order valence-corrected chi connectivity index (χ1v) is 5.32. The summed E-state index contributed by atoms with van der Waals surface area (Å²) in [6, 6.07) is 7.16. The van der Waals surface area contributed by atoms with Gasteiger partial charge in [-0.2, -0.15) is 0 Å². The Morgan fingerprint density at radius 3 is 2.71 bits per heavy atom. The Morgan fingerprint density at radius 2 is 2.07 bits per heavy atom. The molecule has 0 aliphatic heterocycles. The number of rotatable bonds is 1. The van der Waals surface area contributed by atoms with E-state index in [1.807, 2.05) is 0 Å². The van der Waals surface area contributed by atoms with Crippen LogP contribution in [-0.2, 0) is 6.42 Å². The van der Waals surface area contributed by atoms with Crippen LogP contribution in [-0.4, -0.2) is 7.05 Å². The van der Waals surface area contributed by atoms with Gasteiger partial charge in [-0.05, 0) is 42.5 Å². The fourth-order valence-corrected chi connectivity index (χ4v) is 2.76. The van der Waals surface area contributed by atoms with Crippen molar-refractivity contribution in [3.63, 3.8) is 0 Å². The Balaban J connectivity index is 2.53. The topological polar surface area (TPSA) is 12.0 Å². The lowest BCUT2D eigenvalue weighted by molar-refractivity contribution is 0.282. The van der Waals surface area contributed by atoms with Crippen LogP contribution < -0.4 is 5.32 Å². The first-order chi connectivity index (χ1) is 6.56. The zero-order chi connectivity index (χ0) is 10.3. The molecule has 0 amide bonds. The monoisotopic (exact) mass is 189 g/mol. The van der Waals surface area contributed by atoms with Gasteiger partial charge in [0.05, 0.1) is 0 Å². The van der Waals surface area contributed by atoms with Gasteiger partial charge < -0.3 is 5.32 Å². The fraction of sp³-hybridized carbons (Fsp3) is 0.538. The standard InChI is InChI=1S/C13H19N/c1-9-6-5-7-10-11(9)8-13(2,3)12(10)14-4/h5-7,12,14H,8H2,1-4H3. The summed E-state index contributed by atoms with van der Waals surface area (Å²) < 4.78 is 0. The molecule has 1 nitrogen and oxygen atoms in total. The van der Waals surface area contributed by atoms with Gasteiger partial charge in [-0.25, -0.2) is 0 Å². The van der Waals surface area contributed by atoms with Crippen LogP contribution >= 0.6 is 0 Å². The van der Waals surface area contributed by atoms with E-state index in [4.69, 9.17) is 0 Å². The van der Waals surface area contributed by atoms with Crippen LogP contribution in [0.15, 0.2) is 18.2 Å². The Labute approximate surface area is 86.5 Å². The summed E-state index contributed by atoms with van der Waals surface area (Å²) in [7, 11) is 2.06. The molecule has 0 bridgehead atoms. The van der Waals surface area contributed by atoms with Gasteiger partial charge in [0.15, 0.2) is 0 Å². The van der Waals surface area contributed by atoms with Crippen molar-refractivity contribution >= 4 is 0 Å². The minimum Gasteiger partial charge on any atom is -0.313 e. The summed E-state index contributed by atoms with van der Waals surface area (Å²) in [5.74, 6) is 0. The lowest BCUT2D eigenvalue weighted by atomic mass is 9.85. The van der Waals surface area contributed by atoms with E-state index in [2.05, 4.69) is 51.3 Å². The van der Waals surface area contributed by atoms with Crippen molar-refractivity contribution in [3.8, 4) is 0 Å².